The molecule has 0 spiro atoms. The molecule has 0 aliphatic carbocycles. The third-order valence-corrected chi connectivity index (χ3v) is 8.32. The number of aryl methyl sites for hydroxylation is 1. The highest BCUT2D eigenvalue weighted by molar-refractivity contribution is 9.10. The van der Waals surface area contributed by atoms with Crippen molar-refractivity contribution in [2.75, 3.05) is 12.8 Å². The van der Waals surface area contributed by atoms with Gasteiger partial charge in [0.05, 0.1) is 17.5 Å². The van der Waals surface area contributed by atoms with E-state index in [2.05, 4.69) is 21.2 Å². The lowest BCUT2D eigenvalue weighted by molar-refractivity contribution is -0.122. The number of halogens is 1. The van der Waals surface area contributed by atoms with Gasteiger partial charge >= 0.3 is 0 Å². The van der Waals surface area contributed by atoms with Crippen molar-refractivity contribution in [3.05, 3.63) is 94.0 Å². The fraction of sp³-hybridized carbons (Fsp3) is 0.240. The normalized spacial score (nSPS) is 12.5. The number of sulfonamides is 1. The largest absolute Gasteiger partial charge is 0.348 e. The Balaban J connectivity index is 1.81. The Labute approximate surface area is 208 Å². The third kappa shape index (κ3) is 6.93. The zero-order valence-corrected chi connectivity index (χ0v) is 22.0. The second kappa shape index (κ2) is 11.3. The average molecular weight is 548 g/mol. The number of nitrogens with zero attached hydrogens (tertiary/aromatic N) is 1. The second-order valence-electron chi connectivity index (χ2n) is 7.77. The predicted octanol–water partition coefficient (Wildman–Crippen LogP) is 5.55. The van der Waals surface area contributed by atoms with Gasteiger partial charge in [-0.05, 0) is 67.6 Å². The number of amides is 1. The molecule has 5 nitrogen and oxygen atoms in total. The van der Waals surface area contributed by atoms with Crippen molar-refractivity contribution >= 4 is 43.6 Å². The summed E-state index contributed by atoms with van der Waals surface area (Å²) < 4.78 is 28.8. The van der Waals surface area contributed by atoms with Gasteiger partial charge in [0.1, 0.15) is 0 Å². The van der Waals surface area contributed by atoms with Gasteiger partial charge in [0.25, 0.3) is 0 Å². The Morgan fingerprint density at radius 3 is 2.18 bits per heavy atom. The lowest BCUT2D eigenvalue weighted by atomic mass is 10.1. The van der Waals surface area contributed by atoms with Gasteiger partial charge in [-0.2, -0.15) is 4.31 Å². The smallest absolute Gasteiger partial charge is 0.243 e. The molecule has 1 atom stereocenters. The Bertz CT molecular complexity index is 1180. The first-order chi connectivity index (χ1) is 15.7. The van der Waals surface area contributed by atoms with E-state index in [-0.39, 0.29) is 29.9 Å². The number of hydrogen-bond acceptors (Lipinski definition) is 4. The van der Waals surface area contributed by atoms with Gasteiger partial charge in [0.15, 0.2) is 0 Å². The average Bonchev–Trinajstić information content (AvgIpc) is 2.80. The summed E-state index contributed by atoms with van der Waals surface area (Å²) in [6.07, 6.45) is 2.01. The number of thioether (sulfide) groups is 1. The van der Waals surface area contributed by atoms with Crippen molar-refractivity contribution in [2.24, 2.45) is 0 Å². The minimum atomic E-state index is -3.88. The number of carbonyl (C=O) groups is 1. The summed E-state index contributed by atoms with van der Waals surface area (Å²) in [7, 11) is -3.88. The van der Waals surface area contributed by atoms with E-state index >= 15 is 0 Å². The molecule has 8 heteroatoms. The fourth-order valence-electron chi connectivity index (χ4n) is 3.30. The van der Waals surface area contributed by atoms with E-state index in [1.807, 2.05) is 68.6 Å². The van der Waals surface area contributed by atoms with Crippen LogP contribution in [0.25, 0.3) is 0 Å². The van der Waals surface area contributed by atoms with Crippen LogP contribution in [0.3, 0.4) is 0 Å². The summed E-state index contributed by atoms with van der Waals surface area (Å²) in [4.78, 5) is 14.2. The Morgan fingerprint density at radius 1 is 1.00 bits per heavy atom. The van der Waals surface area contributed by atoms with E-state index in [0.29, 0.717) is 0 Å². The highest BCUT2D eigenvalue weighted by Crippen LogP contribution is 2.22. The van der Waals surface area contributed by atoms with Crippen LogP contribution in [-0.2, 0) is 21.4 Å². The zero-order valence-electron chi connectivity index (χ0n) is 18.8. The maximum Gasteiger partial charge on any atom is 0.243 e. The fourth-order valence-corrected chi connectivity index (χ4v) is 5.36. The monoisotopic (exact) mass is 546 g/mol. The molecular formula is C25H27BrN2O3S2. The Hall–Kier alpha value is -2.13. The SMILES string of the molecule is CSc1ccc([C@@H](C)NC(=O)CN(Cc2ccc(C)cc2)S(=O)(=O)c2ccc(Br)cc2)cc1. The molecule has 33 heavy (non-hydrogen) atoms. The van der Waals surface area contributed by atoms with E-state index < -0.39 is 10.0 Å². The quantitative estimate of drug-likeness (QED) is 0.357. The number of nitrogens with one attached hydrogen (secondary N) is 1. The van der Waals surface area contributed by atoms with Gasteiger partial charge in [-0.3, -0.25) is 4.79 Å². The van der Waals surface area contributed by atoms with E-state index in [9.17, 15) is 13.2 Å². The van der Waals surface area contributed by atoms with E-state index in [4.69, 9.17) is 0 Å². The van der Waals surface area contributed by atoms with Gasteiger partial charge in [-0.15, -0.1) is 11.8 Å². The van der Waals surface area contributed by atoms with Crippen molar-refractivity contribution in [1.29, 1.82) is 0 Å². The van der Waals surface area contributed by atoms with Gasteiger partial charge < -0.3 is 5.32 Å². The van der Waals surface area contributed by atoms with E-state index in [1.165, 1.54) is 16.4 Å². The summed E-state index contributed by atoms with van der Waals surface area (Å²) in [6, 6.07) is 21.8. The minimum Gasteiger partial charge on any atom is -0.348 e. The summed E-state index contributed by atoms with van der Waals surface area (Å²) >= 11 is 4.99. The highest BCUT2D eigenvalue weighted by atomic mass is 79.9. The molecule has 0 bridgehead atoms. The lowest BCUT2D eigenvalue weighted by Gasteiger charge is -2.23. The molecule has 3 aromatic carbocycles. The molecule has 1 N–H and O–H groups in total. The van der Waals surface area contributed by atoms with Crippen LogP contribution in [0, 0.1) is 6.92 Å². The molecule has 0 aliphatic heterocycles. The standard InChI is InChI=1S/C25H27BrN2O3S2/c1-18-4-6-20(7-5-18)16-28(33(30,31)24-14-10-22(26)11-15-24)17-25(29)27-19(2)21-8-12-23(32-3)13-9-21/h4-15,19H,16-17H2,1-3H3,(H,27,29)/t19-/m1/s1. The van der Waals surface area contributed by atoms with Crippen LogP contribution in [0.5, 0.6) is 0 Å². The lowest BCUT2D eigenvalue weighted by Crippen LogP contribution is -2.41. The van der Waals surface area contributed by atoms with Crippen LogP contribution in [0.1, 0.15) is 29.7 Å². The molecular weight excluding hydrogens is 520 g/mol. The van der Waals surface area contributed by atoms with Gasteiger partial charge in [-0.25, -0.2) is 8.42 Å². The van der Waals surface area contributed by atoms with E-state index in [0.717, 1.165) is 26.1 Å². The molecule has 1 amide bonds. The number of benzene rings is 3. The maximum absolute atomic E-state index is 13.4. The van der Waals surface area contributed by atoms with Crippen molar-refractivity contribution < 1.29 is 13.2 Å². The van der Waals surface area contributed by atoms with Gasteiger partial charge in [0.2, 0.25) is 15.9 Å². The number of rotatable bonds is 9. The molecule has 0 unspecified atom stereocenters. The van der Waals surface area contributed by atoms with E-state index in [1.54, 1.807) is 23.9 Å². The van der Waals surface area contributed by atoms with Crippen LogP contribution in [0.2, 0.25) is 0 Å². The molecule has 0 saturated carbocycles. The van der Waals surface area contributed by atoms with Crippen molar-refractivity contribution in [2.45, 2.75) is 36.2 Å². The van der Waals surface area contributed by atoms with Crippen molar-refractivity contribution in [1.82, 2.24) is 9.62 Å². The molecule has 0 saturated heterocycles. The first kappa shape index (κ1) is 25.5. The number of carbonyl (C=O) groups excluding carboxylic acids is 1. The van der Waals surface area contributed by atoms with Crippen LogP contribution >= 0.6 is 27.7 Å². The summed E-state index contributed by atoms with van der Waals surface area (Å²) in [5, 5.41) is 2.93. The molecule has 0 heterocycles. The highest BCUT2D eigenvalue weighted by Gasteiger charge is 2.27. The Morgan fingerprint density at radius 2 is 1.61 bits per heavy atom. The van der Waals surface area contributed by atoms with Crippen molar-refractivity contribution in [3.63, 3.8) is 0 Å². The molecule has 174 valence electrons. The maximum atomic E-state index is 13.4. The topological polar surface area (TPSA) is 66.5 Å². The van der Waals surface area contributed by atoms with Crippen LogP contribution in [-0.4, -0.2) is 31.4 Å². The van der Waals surface area contributed by atoms with Crippen LogP contribution in [0.15, 0.2) is 87.1 Å². The molecule has 3 rings (SSSR count). The molecule has 0 aromatic heterocycles. The van der Waals surface area contributed by atoms with Gasteiger partial charge in [0, 0.05) is 15.9 Å². The molecule has 0 fully saturated rings. The van der Waals surface area contributed by atoms with Crippen molar-refractivity contribution in [3.8, 4) is 0 Å². The number of hydrogen-bond donors (Lipinski definition) is 1. The Kier molecular flexibility index (Phi) is 8.75. The predicted molar refractivity (Wildman–Crippen MR) is 138 cm³/mol. The second-order valence-corrected chi connectivity index (χ2v) is 11.5. The summed E-state index contributed by atoms with van der Waals surface area (Å²) in [5.74, 6) is -0.357. The first-order valence-corrected chi connectivity index (χ1v) is 13.9. The minimum absolute atomic E-state index is 0.100. The van der Waals surface area contributed by atoms with Gasteiger partial charge in [-0.1, -0.05) is 57.9 Å². The first-order valence-electron chi connectivity index (χ1n) is 10.4. The molecule has 0 radical (unpaired) electrons. The molecule has 0 aliphatic rings. The summed E-state index contributed by atoms with van der Waals surface area (Å²) in [5.41, 5.74) is 2.86. The zero-order chi connectivity index (χ0) is 24.0. The third-order valence-electron chi connectivity index (χ3n) is 5.24. The summed E-state index contributed by atoms with van der Waals surface area (Å²) in [6.45, 7) is 3.68. The van der Waals surface area contributed by atoms with Crippen LogP contribution < -0.4 is 5.32 Å². The molecule has 3 aromatic rings. The van der Waals surface area contributed by atoms with Crippen LogP contribution in [0.4, 0.5) is 0 Å².